The molecule has 0 fully saturated rings. The fourth-order valence-corrected chi connectivity index (χ4v) is 0.464. The smallest absolute Gasteiger partial charge is 0.189 e. The van der Waals surface area contributed by atoms with Crippen LogP contribution in [0.5, 0.6) is 0 Å². The van der Waals surface area contributed by atoms with Crippen molar-refractivity contribution < 1.29 is 25.5 Å². The highest BCUT2D eigenvalue weighted by molar-refractivity contribution is 4.76. The van der Waals surface area contributed by atoms with Crippen LogP contribution in [0.1, 0.15) is 6.92 Å². The third-order valence-electron chi connectivity index (χ3n) is 1.11. The average Bonchev–Trinajstić information content (AvgIpc) is 1.83. The maximum absolute atomic E-state index is 8.74. The molecule has 5 N–H and O–H groups in total. The molecule has 0 aliphatic rings. The highest BCUT2D eigenvalue weighted by atomic mass is 16.5. The van der Waals surface area contributed by atoms with Gasteiger partial charge in [-0.1, -0.05) is 0 Å². The van der Waals surface area contributed by atoms with Crippen LogP contribution in [0, 0.1) is 0 Å². The zero-order chi connectivity index (χ0) is 8.36. The van der Waals surface area contributed by atoms with E-state index < -0.39 is 24.6 Å². The second-order valence-electron chi connectivity index (χ2n) is 2.29. The normalized spacial score (nSPS) is 18.6. The summed E-state index contributed by atoms with van der Waals surface area (Å²) in [5, 5.41) is 42.9. The fraction of sp³-hybridized carbons (Fsp3) is 1.00. The van der Waals surface area contributed by atoms with Gasteiger partial charge in [-0.05, 0) is 6.92 Å². The summed E-state index contributed by atoms with van der Waals surface area (Å²) in [6.45, 7) is 0.203. The molecule has 0 saturated heterocycles. The molecule has 5 heteroatoms. The van der Waals surface area contributed by atoms with Crippen molar-refractivity contribution in [2.24, 2.45) is 0 Å². The largest absolute Gasteiger partial charge is 0.394 e. The number of hydrogen-bond acceptors (Lipinski definition) is 5. The molecule has 0 rings (SSSR count). The molecule has 0 heterocycles. The van der Waals surface area contributed by atoms with Crippen molar-refractivity contribution in [3.63, 3.8) is 0 Å². The molecule has 0 aliphatic carbocycles. The van der Waals surface area contributed by atoms with E-state index in [1.165, 1.54) is 0 Å². The number of aliphatic hydroxyl groups excluding tert-OH is 3. The van der Waals surface area contributed by atoms with E-state index in [1.807, 2.05) is 0 Å². The minimum Gasteiger partial charge on any atom is -0.394 e. The topological polar surface area (TPSA) is 101 Å². The summed E-state index contributed by atoms with van der Waals surface area (Å²) < 4.78 is 0. The molecular formula is C5H12O5. The lowest BCUT2D eigenvalue weighted by molar-refractivity contribution is -0.238. The number of rotatable bonds is 3. The van der Waals surface area contributed by atoms with Crippen molar-refractivity contribution >= 4 is 0 Å². The molecule has 10 heavy (non-hydrogen) atoms. The van der Waals surface area contributed by atoms with E-state index in [0.717, 1.165) is 6.92 Å². The predicted molar refractivity (Wildman–Crippen MR) is 31.9 cm³/mol. The van der Waals surface area contributed by atoms with Crippen LogP contribution in [0.15, 0.2) is 0 Å². The van der Waals surface area contributed by atoms with Gasteiger partial charge in [0, 0.05) is 0 Å². The zero-order valence-corrected chi connectivity index (χ0v) is 5.60. The van der Waals surface area contributed by atoms with Crippen LogP contribution in [-0.2, 0) is 0 Å². The minimum atomic E-state index is -2.37. The standard InChI is InChI=1S/C5H12O5/c1-5(9,10)4(8)3(7)2-6/h3-4,6-10H,2H2,1H3. The van der Waals surface area contributed by atoms with Crippen molar-refractivity contribution in [3.05, 3.63) is 0 Å². The second-order valence-corrected chi connectivity index (χ2v) is 2.29. The Morgan fingerprint density at radius 3 is 1.80 bits per heavy atom. The molecule has 62 valence electrons. The molecule has 0 spiro atoms. The van der Waals surface area contributed by atoms with E-state index in [2.05, 4.69) is 0 Å². The van der Waals surface area contributed by atoms with Crippen LogP contribution in [0.4, 0.5) is 0 Å². The highest BCUT2D eigenvalue weighted by Crippen LogP contribution is 2.08. The van der Waals surface area contributed by atoms with Gasteiger partial charge in [-0.2, -0.15) is 0 Å². The van der Waals surface area contributed by atoms with Crippen LogP contribution in [0.2, 0.25) is 0 Å². The molecule has 0 radical (unpaired) electrons. The van der Waals surface area contributed by atoms with Gasteiger partial charge in [-0.3, -0.25) is 0 Å². The van der Waals surface area contributed by atoms with Crippen LogP contribution in [0.3, 0.4) is 0 Å². The lowest BCUT2D eigenvalue weighted by atomic mass is 10.1. The van der Waals surface area contributed by atoms with Gasteiger partial charge in [-0.15, -0.1) is 0 Å². The molecule has 0 aromatic rings. The monoisotopic (exact) mass is 152 g/mol. The second kappa shape index (κ2) is 3.27. The van der Waals surface area contributed by atoms with Gasteiger partial charge in [0.05, 0.1) is 6.61 Å². The van der Waals surface area contributed by atoms with Gasteiger partial charge in [0.25, 0.3) is 0 Å². The summed E-state index contributed by atoms with van der Waals surface area (Å²) in [5.74, 6) is -2.37. The summed E-state index contributed by atoms with van der Waals surface area (Å²) in [6, 6.07) is 0. The molecule has 0 saturated carbocycles. The maximum atomic E-state index is 8.74. The summed E-state index contributed by atoms with van der Waals surface area (Å²) >= 11 is 0. The third-order valence-corrected chi connectivity index (χ3v) is 1.11. The molecular weight excluding hydrogens is 140 g/mol. The summed E-state index contributed by atoms with van der Waals surface area (Å²) in [6.07, 6.45) is -3.28. The first-order valence-electron chi connectivity index (χ1n) is 2.81. The SMILES string of the molecule is CC(O)(O)C(O)C(O)CO. The van der Waals surface area contributed by atoms with Gasteiger partial charge in [0.15, 0.2) is 5.79 Å². The molecule has 5 nitrogen and oxygen atoms in total. The number of hydrogen-bond donors (Lipinski definition) is 5. The third kappa shape index (κ3) is 2.59. The van der Waals surface area contributed by atoms with E-state index in [-0.39, 0.29) is 0 Å². The Balaban J connectivity index is 3.94. The minimum absolute atomic E-state index is 0.710. The molecule has 0 aromatic carbocycles. The molecule has 0 amide bonds. The van der Waals surface area contributed by atoms with E-state index in [0.29, 0.717) is 0 Å². The van der Waals surface area contributed by atoms with Crippen LogP contribution >= 0.6 is 0 Å². The van der Waals surface area contributed by atoms with Gasteiger partial charge in [0.1, 0.15) is 12.2 Å². The Morgan fingerprint density at radius 2 is 1.70 bits per heavy atom. The van der Waals surface area contributed by atoms with Crippen molar-refractivity contribution in [1.29, 1.82) is 0 Å². The lowest BCUT2D eigenvalue weighted by Gasteiger charge is -2.25. The Kier molecular flexibility index (Phi) is 3.20. The Morgan fingerprint density at radius 1 is 1.30 bits per heavy atom. The van der Waals surface area contributed by atoms with Gasteiger partial charge >= 0.3 is 0 Å². The molecule has 2 atom stereocenters. The summed E-state index contributed by atoms with van der Waals surface area (Å²) in [4.78, 5) is 0. The van der Waals surface area contributed by atoms with E-state index >= 15 is 0 Å². The maximum Gasteiger partial charge on any atom is 0.189 e. The quantitative estimate of drug-likeness (QED) is 0.285. The van der Waals surface area contributed by atoms with Crippen LogP contribution in [0.25, 0.3) is 0 Å². The highest BCUT2D eigenvalue weighted by Gasteiger charge is 2.32. The van der Waals surface area contributed by atoms with Crippen molar-refractivity contribution in [2.75, 3.05) is 6.61 Å². The summed E-state index contributed by atoms with van der Waals surface area (Å²) in [5.41, 5.74) is 0. The zero-order valence-electron chi connectivity index (χ0n) is 5.60. The van der Waals surface area contributed by atoms with Crippen molar-refractivity contribution in [1.82, 2.24) is 0 Å². The van der Waals surface area contributed by atoms with Crippen LogP contribution in [-0.4, -0.2) is 50.1 Å². The van der Waals surface area contributed by atoms with Gasteiger partial charge in [-0.25, -0.2) is 0 Å². The molecule has 0 bridgehead atoms. The lowest BCUT2D eigenvalue weighted by Crippen LogP contribution is -2.48. The Bertz CT molecular complexity index is 96.7. The summed E-state index contributed by atoms with van der Waals surface area (Å²) in [7, 11) is 0. The average molecular weight is 152 g/mol. The Hall–Kier alpha value is -0.200. The predicted octanol–water partition coefficient (Wildman–Crippen LogP) is -2.60. The number of aliphatic hydroxyl groups is 5. The first-order valence-corrected chi connectivity index (χ1v) is 2.81. The van der Waals surface area contributed by atoms with Crippen molar-refractivity contribution in [2.45, 2.75) is 24.9 Å². The Labute approximate surface area is 58.2 Å². The van der Waals surface area contributed by atoms with Gasteiger partial charge in [0.2, 0.25) is 0 Å². The van der Waals surface area contributed by atoms with Crippen LogP contribution < -0.4 is 0 Å². The molecule has 0 aliphatic heterocycles. The van der Waals surface area contributed by atoms with E-state index in [4.69, 9.17) is 25.5 Å². The molecule has 0 aromatic heterocycles. The first kappa shape index (κ1) is 9.80. The van der Waals surface area contributed by atoms with E-state index in [1.54, 1.807) is 0 Å². The van der Waals surface area contributed by atoms with Crippen molar-refractivity contribution in [3.8, 4) is 0 Å². The first-order chi connectivity index (χ1) is 4.39. The van der Waals surface area contributed by atoms with E-state index in [9.17, 15) is 0 Å². The fourth-order valence-electron chi connectivity index (χ4n) is 0.464. The van der Waals surface area contributed by atoms with Gasteiger partial charge < -0.3 is 25.5 Å². The molecule has 2 unspecified atom stereocenters.